The first-order valence-corrected chi connectivity index (χ1v) is 5.98. The van der Waals surface area contributed by atoms with Crippen LogP contribution in [-0.4, -0.2) is 0 Å². The molecule has 0 spiro atoms. The summed E-state index contributed by atoms with van der Waals surface area (Å²) in [5.41, 5.74) is 0. The van der Waals surface area contributed by atoms with Crippen LogP contribution in [0.4, 0.5) is 0 Å². The topological polar surface area (TPSA) is 0 Å². The maximum atomic E-state index is 3.07. The molecule has 66 valence electrons. The predicted molar refractivity (Wildman–Crippen MR) is 60.1 cm³/mol. The molecule has 0 aliphatic carbocycles. The van der Waals surface area contributed by atoms with Crippen LogP contribution in [0.2, 0.25) is 0 Å². The van der Waals surface area contributed by atoms with Gasteiger partial charge in [0.25, 0.3) is 0 Å². The maximum Gasteiger partial charge on any atom is 3.00 e. The van der Waals surface area contributed by atoms with E-state index in [9.17, 15) is 0 Å². The van der Waals surface area contributed by atoms with Gasteiger partial charge in [-0.2, -0.15) is 11.6 Å². The van der Waals surface area contributed by atoms with Gasteiger partial charge in [-0.15, -0.1) is 10.6 Å². The van der Waals surface area contributed by atoms with Crippen LogP contribution in [-0.2, 0) is 25.8 Å². The normalized spacial score (nSPS) is 9.38. The molecule has 0 bridgehead atoms. The number of aryl methyl sites for hydroxylation is 2. The van der Waals surface area contributed by atoms with Crippen LogP contribution in [0.5, 0.6) is 0 Å². The summed E-state index contributed by atoms with van der Waals surface area (Å²) in [7, 11) is 1.81. The second kappa shape index (κ2) is 7.80. The van der Waals surface area contributed by atoms with Crippen molar-refractivity contribution in [2.24, 2.45) is 0 Å². The third-order valence-electron chi connectivity index (χ3n) is 1.37. The minimum atomic E-state index is 0. The van der Waals surface area contributed by atoms with E-state index >= 15 is 0 Å². The Morgan fingerprint density at radius 2 is 1.38 bits per heavy atom. The van der Waals surface area contributed by atoms with Gasteiger partial charge in [0.15, 0.2) is 0 Å². The SMILES string of the molecule is Cc1[c-]cc[pH]1.Cc1[c-]cc[pH]1.[H-].[Sc+3]. The van der Waals surface area contributed by atoms with Gasteiger partial charge in [-0.05, 0) is 0 Å². The molecule has 0 nitrogen and oxygen atoms in total. The molecule has 3 heteroatoms. The van der Waals surface area contributed by atoms with Gasteiger partial charge >= 0.3 is 25.8 Å². The van der Waals surface area contributed by atoms with E-state index in [1.165, 1.54) is 10.6 Å². The Kier molecular flexibility index (Phi) is 8.06. The predicted octanol–water partition coefficient (Wildman–Crippen LogP) is 3.76. The largest absolute Gasteiger partial charge is 3.00 e. The molecule has 0 aliphatic rings. The van der Waals surface area contributed by atoms with Crippen molar-refractivity contribution in [2.75, 3.05) is 0 Å². The summed E-state index contributed by atoms with van der Waals surface area (Å²) in [5, 5.41) is 2.74. The van der Waals surface area contributed by atoms with Crippen molar-refractivity contribution in [2.45, 2.75) is 13.8 Å². The molecule has 2 aromatic heterocycles. The molecule has 2 aromatic rings. The van der Waals surface area contributed by atoms with Crippen LogP contribution < -0.4 is 0 Å². The molecule has 2 heterocycles. The molecule has 0 amide bonds. The quantitative estimate of drug-likeness (QED) is 0.615. The average molecular weight is 240 g/mol. The molecular weight excluding hydrogens is 227 g/mol. The van der Waals surface area contributed by atoms with Crippen molar-refractivity contribution >= 4 is 16.4 Å². The zero-order valence-electron chi connectivity index (χ0n) is 8.89. The fourth-order valence-corrected chi connectivity index (χ4v) is 1.92. The summed E-state index contributed by atoms with van der Waals surface area (Å²) in [6.07, 6.45) is 0. The van der Waals surface area contributed by atoms with Crippen molar-refractivity contribution in [3.63, 3.8) is 0 Å². The smallest absolute Gasteiger partial charge is 1.00 e. The van der Waals surface area contributed by atoms with Gasteiger partial charge in [0.1, 0.15) is 0 Å². The summed E-state index contributed by atoms with van der Waals surface area (Å²) in [6, 6.07) is 10.1. The van der Waals surface area contributed by atoms with E-state index < -0.39 is 0 Å². The second-order valence-corrected chi connectivity index (χ2v) is 5.24. The Bertz CT molecular complexity index is 258. The fraction of sp³-hybridized carbons (Fsp3) is 0.200. The Balaban J connectivity index is 0. The van der Waals surface area contributed by atoms with Crippen LogP contribution in [0.15, 0.2) is 23.7 Å². The Labute approximate surface area is 104 Å². The third-order valence-corrected chi connectivity index (χ3v) is 3.19. The first kappa shape index (κ1) is 13.4. The van der Waals surface area contributed by atoms with Crippen molar-refractivity contribution in [3.05, 3.63) is 46.5 Å². The average Bonchev–Trinajstić information content (AvgIpc) is 2.63. The molecule has 2 rings (SSSR count). The molecule has 0 N–H and O–H groups in total. The molecule has 0 saturated carbocycles. The van der Waals surface area contributed by atoms with Crippen LogP contribution >= 0.6 is 16.4 Å². The monoisotopic (exact) mass is 240 g/mol. The van der Waals surface area contributed by atoms with E-state index in [-0.39, 0.29) is 27.3 Å². The van der Waals surface area contributed by atoms with E-state index in [1.807, 2.05) is 12.1 Å². The second-order valence-electron chi connectivity index (χ2n) is 2.49. The molecule has 0 fully saturated rings. The van der Waals surface area contributed by atoms with Gasteiger partial charge < -0.3 is 1.43 Å². The Hall–Kier alpha value is 0.430. The van der Waals surface area contributed by atoms with Gasteiger partial charge in [-0.3, -0.25) is 0 Å². The fourth-order valence-electron chi connectivity index (χ4n) is 0.750. The van der Waals surface area contributed by atoms with E-state index in [0.29, 0.717) is 0 Å². The van der Waals surface area contributed by atoms with Crippen molar-refractivity contribution in [1.82, 2.24) is 0 Å². The van der Waals surface area contributed by atoms with Crippen molar-refractivity contribution in [1.29, 1.82) is 0 Å². The summed E-state index contributed by atoms with van der Waals surface area (Å²) < 4.78 is 0. The zero-order chi connectivity index (χ0) is 8.81. The van der Waals surface area contributed by atoms with Gasteiger partial charge in [0, 0.05) is 0 Å². The minimum absolute atomic E-state index is 0. The Morgan fingerprint density at radius 3 is 1.46 bits per heavy atom. The molecular formula is C10H13P2Sc. The molecule has 0 aliphatic heterocycles. The summed E-state index contributed by atoms with van der Waals surface area (Å²) in [5.74, 6) is 4.27. The maximum absolute atomic E-state index is 3.07. The molecule has 2 unspecified atom stereocenters. The van der Waals surface area contributed by atoms with E-state index in [0.717, 1.165) is 16.4 Å². The van der Waals surface area contributed by atoms with E-state index in [1.54, 1.807) is 0 Å². The summed E-state index contributed by atoms with van der Waals surface area (Å²) >= 11 is 0. The van der Waals surface area contributed by atoms with Crippen molar-refractivity contribution in [3.8, 4) is 0 Å². The van der Waals surface area contributed by atoms with Crippen molar-refractivity contribution < 1.29 is 27.3 Å². The van der Waals surface area contributed by atoms with Gasteiger partial charge in [-0.25, -0.2) is 40.7 Å². The minimum Gasteiger partial charge on any atom is -1.00 e. The number of hydrogen-bond donors (Lipinski definition) is 0. The molecule has 0 aromatic carbocycles. The van der Waals surface area contributed by atoms with Crippen LogP contribution in [0, 0.1) is 26.0 Å². The standard InChI is InChI=1S/2C5H6P.Sc.H/c2*1-5-3-2-4-6-5;;/h2*2,4,6H,1H3;;/q2*-1;+3;-1. The Morgan fingerprint density at radius 1 is 1.00 bits per heavy atom. The molecule has 13 heavy (non-hydrogen) atoms. The van der Waals surface area contributed by atoms with Gasteiger partial charge in [0.2, 0.25) is 0 Å². The summed E-state index contributed by atoms with van der Waals surface area (Å²) in [6.45, 7) is 4.19. The number of rotatable bonds is 0. The summed E-state index contributed by atoms with van der Waals surface area (Å²) in [4.78, 5) is 0. The van der Waals surface area contributed by atoms with E-state index in [4.69, 9.17) is 0 Å². The van der Waals surface area contributed by atoms with Crippen LogP contribution in [0.3, 0.4) is 0 Å². The van der Waals surface area contributed by atoms with E-state index in [2.05, 4.69) is 37.6 Å². The number of hydrogen-bond acceptors (Lipinski definition) is 0. The van der Waals surface area contributed by atoms with Gasteiger partial charge in [-0.1, -0.05) is 13.8 Å². The van der Waals surface area contributed by atoms with Crippen LogP contribution in [0.25, 0.3) is 0 Å². The first-order valence-electron chi connectivity index (χ1n) is 3.82. The third kappa shape index (κ3) is 6.49. The molecule has 0 saturated heterocycles. The first-order chi connectivity index (χ1) is 5.79. The molecule has 2 atom stereocenters. The van der Waals surface area contributed by atoms with Gasteiger partial charge in [0.05, 0.1) is 0 Å². The zero-order valence-corrected chi connectivity index (χ0v) is 11.7. The molecule has 0 radical (unpaired) electrons. The van der Waals surface area contributed by atoms with Crippen LogP contribution in [0.1, 0.15) is 12.0 Å².